The Morgan fingerprint density at radius 3 is 2.67 bits per heavy atom. The first-order valence-corrected chi connectivity index (χ1v) is 6.34. The number of amides is 1. The third-order valence-corrected chi connectivity index (χ3v) is 3.17. The summed E-state index contributed by atoms with van der Waals surface area (Å²) < 4.78 is 0. The van der Waals surface area contributed by atoms with Crippen LogP contribution in [-0.4, -0.2) is 15.9 Å². The molecule has 2 aromatic carbocycles. The smallest absolute Gasteiger partial charge is 0.270 e. The Morgan fingerprint density at radius 1 is 1.29 bits per heavy atom. The van der Waals surface area contributed by atoms with E-state index in [-0.39, 0.29) is 22.9 Å². The van der Waals surface area contributed by atoms with E-state index in [1.54, 1.807) is 24.3 Å². The SMILES string of the molecule is O=C(Nc1ccccc1CO)c1cc([N+](=O)[O-])ccc1Cl. The molecule has 0 aliphatic carbocycles. The molecule has 2 aromatic rings. The van der Waals surface area contributed by atoms with E-state index in [1.165, 1.54) is 12.1 Å². The normalized spacial score (nSPS) is 10.2. The maximum Gasteiger partial charge on any atom is 0.270 e. The molecule has 0 saturated carbocycles. The van der Waals surface area contributed by atoms with Crippen molar-refractivity contribution in [2.75, 3.05) is 5.32 Å². The molecule has 2 N–H and O–H groups in total. The molecule has 1 amide bonds. The van der Waals surface area contributed by atoms with Crippen LogP contribution in [0.5, 0.6) is 0 Å². The number of aliphatic hydroxyl groups excluding tert-OH is 1. The Balaban J connectivity index is 2.32. The van der Waals surface area contributed by atoms with Gasteiger partial charge in [0.15, 0.2) is 0 Å². The maximum absolute atomic E-state index is 12.2. The van der Waals surface area contributed by atoms with Crippen molar-refractivity contribution in [2.45, 2.75) is 6.61 Å². The zero-order valence-corrected chi connectivity index (χ0v) is 11.5. The van der Waals surface area contributed by atoms with E-state index in [0.29, 0.717) is 11.3 Å². The molecular formula is C14H11ClN2O4. The number of carbonyl (C=O) groups excluding carboxylic acids is 1. The van der Waals surface area contributed by atoms with E-state index in [0.717, 1.165) is 6.07 Å². The van der Waals surface area contributed by atoms with Gasteiger partial charge in [0.2, 0.25) is 0 Å². The van der Waals surface area contributed by atoms with Gasteiger partial charge in [0.25, 0.3) is 11.6 Å². The number of hydrogen-bond donors (Lipinski definition) is 2. The molecule has 0 unspecified atom stereocenters. The van der Waals surface area contributed by atoms with Crippen LogP contribution in [0.3, 0.4) is 0 Å². The standard InChI is InChI=1S/C14H11ClN2O4/c15-12-6-5-10(17(20)21)7-11(12)14(19)16-13-4-2-1-3-9(13)8-18/h1-7,18H,8H2,(H,16,19). The highest BCUT2D eigenvalue weighted by molar-refractivity contribution is 6.34. The molecule has 0 aromatic heterocycles. The number of anilines is 1. The van der Waals surface area contributed by atoms with Crippen LogP contribution in [0.25, 0.3) is 0 Å². The van der Waals surface area contributed by atoms with Gasteiger partial charge in [0.1, 0.15) is 0 Å². The monoisotopic (exact) mass is 306 g/mol. The lowest BCUT2D eigenvalue weighted by molar-refractivity contribution is -0.384. The number of non-ortho nitro benzene ring substituents is 1. The van der Waals surface area contributed by atoms with Crippen molar-refractivity contribution >= 4 is 28.9 Å². The Hall–Kier alpha value is -2.44. The van der Waals surface area contributed by atoms with Crippen molar-refractivity contribution in [2.24, 2.45) is 0 Å². The van der Waals surface area contributed by atoms with E-state index >= 15 is 0 Å². The maximum atomic E-state index is 12.2. The fourth-order valence-corrected chi connectivity index (χ4v) is 1.97. The third-order valence-electron chi connectivity index (χ3n) is 2.84. The van der Waals surface area contributed by atoms with Crippen molar-refractivity contribution in [1.82, 2.24) is 0 Å². The number of carbonyl (C=O) groups is 1. The molecule has 0 aliphatic heterocycles. The van der Waals surface area contributed by atoms with Crippen LogP contribution < -0.4 is 5.32 Å². The summed E-state index contributed by atoms with van der Waals surface area (Å²) in [7, 11) is 0. The number of aliphatic hydroxyl groups is 1. The Kier molecular flexibility index (Phi) is 4.52. The number of rotatable bonds is 4. The second kappa shape index (κ2) is 6.34. The molecule has 0 saturated heterocycles. The van der Waals surface area contributed by atoms with Crippen molar-refractivity contribution < 1.29 is 14.8 Å². The van der Waals surface area contributed by atoms with Crippen LogP contribution in [0, 0.1) is 10.1 Å². The van der Waals surface area contributed by atoms with Gasteiger partial charge in [0.05, 0.1) is 22.1 Å². The molecule has 0 atom stereocenters. The number of halogens is 1. The van der Waals surface area contributed by atoms with E-state index < -0.39 is 10.8 Å². The first-order valence-electron chi connectivity index (χ1n) is 5.97. The zero-order valence-electron chi connectivity index (χ0n) is 10.7. The molecule has 2 rings (SSSR count). The predicted molar refractivity (Wildman–Crippen MR) is 78.4 cm³/mol. The van der Waals surface area contributed by atoms with E-state index in [2.05, 4.69) is 5.32 Å². The average molecular weight is 307 g/mol. The topological polar surface area (TPSA) is 92.5 Å². The van der Waals surface area contributed by atoms with Gasteiger partial charge in [-0.25, -0.2) is 0 Å². The molecule has 7 heteroatoms. The van der Waals surface area contributed by atoms with Crippen LogP contribution >= 0.6 is 11.6 Å². The van der Waals surface area contributed by atoms with Crippen molar-refractivity contribution in [3.63, 3.8) is 0 Å². The summed E-state index contributed by atoms with van der Waals surface area (Å²) in [5.41, 5.74) is 0.735. The molecule has 0 aliphatic rings. The van der Waals surface area contributed by atoms with E-state index in [1.807, 2.05) is 0 Å². The fourth-order valence-electron chi connectivity index (χ4n) is 1.77. The number of para-hydroxylation sites is 1. The zero-order chi connectivity index (χ0) is 15.4. The van der Waals surface area contributed by atoms with Crippen LogP contribution in [0.4, 0.5) is 11.4 Å². The summed E-state index contributed by atoms with van der Waals surface area (Å²) in [6.07, 6.45) is 0. The number of hydrogen-bond acceptors (Lipinski definition) is 4. The first kappa shape index (κ1) is 15.0. The van der Waals surface area contributed by atoms with Crippen molar-refractivity contribution in [3.8, 4) is 0 Å². The van der Waals surface area contributed by atoms with Crippen LogP contribution in [-0.2, 0) is 6.61 Å². The lowest BCUT2D eigenvalue weighted by Crippen LogP contribution is -2.14. The predicted octanol–water partition coefficient (Wildman–Crippen LogP) is 2.99. The minimum Gasteiger partial charge on any atom is -0.392 e. The fraction of sp³-hybridized carbons (Fsp3) is 0.0714. The molecular weight excluding hydrogens is 296 g/mol. The number of nitrogens with zero attached hydrogens (tertiary/aromatic N) is 1. The van der Waals surface area contributed by atoms with Gasteiger partial charge < -0.3 is 10.4 Å². The second-order valence-electron chi connectivity index (χ2n) is 4.19. The van der Waals surface area contributed by atoms with Gasteiger partial charge >= 0.3 is 0 Å². The molecule has 108 valence electrons. The second-order valence-corrected chi connectivity index (χ2v) is 4.60. The summed E-state index contributed by atoms with van der Waals surface area (Å²) in [6, 6.07) is 10.3. The summed E-state index contributed by atoms with van der Waals surface area (Å²) >= 11 is 5.90. The molecule has 21 heavy (non-hydrogen) atoms. The molecule has 0 radical (unpaired) electrons. The number of benzene rings is 2. The van der Waals surface area contributed by atoms with Crippen LogP contribution in [0.1, 0.15) is 15.9 Å². The molecule has 0 fully saturated rings. The minimum atomic E-state index is -0.602. The van der Waals surface area contributed by atoms with Gasteiger partial charge in [-0.2, -0.15) is 0 Å². The van der Waals surface area contributed by atoms with Gasteiger partial charge in [-0.15, -0.1) is 0 Å². The number of nitro groups is 1. The largest absolute Gasteiger partial charge is 0.392 e. The van der Waals surface area contributed by atoms with Crippen LogP contribution in [0.2, 0.25) is 5.02 Å². The van der Waals surface area contributed by atoms with Gasteiger partial charge in [-0.05, 0) is 12.1 Å². The molecule has 0 heterocycles. The number of nitro benzene ring substituents is 1. The lowest BCUT2D eigenvalue weighted by Gasteiger charge is -2.10. The quantitative estimate of drug-likeness (QED) is 0.671. The van der Waals surface area contributed by atoms with E-state index in [9.17, 15) is 20.0 Å². The summed E-state index contributed by atoms with van der Waals surface area (Å²) in [4.78, 5) is 22.3. The highest BCUT2D eigenvalue weighted by atomic mass is 35.5. The molecule has 0 bridgehead atoms. The lowest BCUT2D eigenvalue weighted by atomic mass is 10.1. The highest BCUT2D eigenvalue weighted by Crippen LogP contribution is 2.24. The number of nitrogens with one attached hydrogen (secondary N) is 1. The average Bonchev–Trinajstić information content (AvgIpc) is 2.47. The van der Waals surface area contributed by atoms with E-state index in [4.69, 9.17) is 11.6 Å². The van der Waals surface area contributed by atoms with Crippen LogP contribution in [0.15, 0.2) is 42.5 Å². The highest BCUT2D eigenvalue weighted by Gasteiger charge is 2.16. The van der Waals surface area contributed by atoms with Gasteiger partial charge in [-0.1, -0.05) is 29.8 Å². The molecule has 0 spiro atoms. The Labute approximate surface area is 125 Å². The first-order chi connectivity index (χ1) is 10.0. The third kappa shape index (κ3) is 3.36. The minimum absolute atomic E-state index is 0.00129. The van der Waals surface area contributed by atoms with Gasteiger partial charge in [0, 0.05) is 23.4 Å². The Bertz CT molecular complexity index is 703. The summed E-state index contributed by atoms with van der Waals surface area (Å²) in [5.74, 6) is -0.579. The summed E-state index contributed by atoms with van der Waals surface area (Å²) in [5, 5.41) is 22.6. The molecule has 6 nitrogen and oxygen atoms in total. The van der Waals surface area contributed by atoms with Crippen molar-refractivity contribution in [3.05, 3.63) is 68.7 Å². The summed E-state index contributed by atoms with van der Waals surface area (Å²) in [6.45, 7) is -0.237. The van der Waals surface area contributed by atoms with Crippen molar-refractivity contribution in [1.29, 1.82) is 0 Å². The van der Waals surface area contributed by atoms with Gasteiger partial charge in [-0.3, -0.25) is 14.9 Å². The Morgan fingerprint density at radius 2 is 2.00 bits per heavy atom.